The predicted octanol–water partition coefficient (Wildman–Crippen LogP) is 1.59. The maximum atomic E-state index is 5.47. The van der Waals surface area contributed by atoms with Gasteiger partial charge in [-0.25, -0.2) is 4.98 Å². The topological polar surface area (TPSA) is 57.4 Å². The van der Waals surface area contributed by atoms with Gasteiger partial charge in [0, 0.05) is 25.4 Å². The summed E-state index contributed by atoms with van der Waals surface area (Å²) in [7, 11) is 0. The Morgan fingerprint density at radius 3 is 2.69 bits per heavy atom. The quantitative estimate of drug-likeness (QED) is 0.715. The van der Waals surface area contributed by atoms with Crippen LogP contribution in [0.25, 0.3) is 0 Å². The summed E-state index contributed by atoms with van der Waals surface area (Å²) in [5, 5.41) is 0. The first-order chi connectivity index (χ1) is 7.72. The van der Waals surface area contributed by atoms with Crippen molar-refractivity contribution in [2.24, 2.45) is 11.7 Å². The van der Waals surface area contributed by atoms with E-state index in [9.17, 15) is 0 Å². The molecule has 0 radical (unpaired) electrons. The molecule has 1 rings (SSSR count). The van der Waals surface area contributed by atoms with Gasteiger partial charge in [0.2, 0.25) is 5.88 Å². The molecule has 0 unspecified atom stereocenters. The summed E-state index contributed by atoms with van der Waals surface area (Å²) in [5.74, 6) is 1.17. The molecular weight excluding hydrogens is 204 g/mol. The fraction of sp³-hybridized carbons (Fsp3) is 0.583. The third-order valence-corrected chi connectivity index (χ3v) is 1.96. The van der Waals surface area contributed by atoms with Gasteiger partial charge >= 0.3 is 0 Å². The first-order valence-corrected chi connectivity index (χ1v) is 5.58. The molecule has 1 aromatic rings. The van der Waals surface area contributed by atoms with Crippen LogP contribution in [0.2, 0.25) is 0 Å². The zero-order valence-electron chi connectivity index (χ0n) is 9.98. The lowest BCUT2D eigenvalue weighted by molar-refractivity contribution is 0.0806. The number of aromatic nitrogens is 1. The Balaban J connectivity index is 2.16. The summed E-state index contributed by atoms with van der Waals surface area (Å²) >= 11 is 0. The van der Waals surface area contributed by atoms with Crippen LogP contribution in [0.4, 0.5) is 0 Å². The minimum atomic E-state index is 0.505. The molecule has 1 aromatic heterocycles. The molecular formula is C12H20N2O2. The van der Waals surface area contributed by atoms with Gasteiger partial charge in [0.25, 0.3) is 0 Å². The van der Waals surface area contributed by atoms with Crippen LogP contribution in [0.15, 0.2) is 18.3 Å². The third kappa shape index (κ3) is 5.09. The lowest BCUT2D eigenvalue weighted by atomic mass is 10.2. The summed E-state index contributed by atoms with van der Waals surface area (Å²) in [6.07, 6.45) is 1.73. The van der Waals surface area contributed by atoms with Gasteiger partial charge in [0.1, 0.15) is 6.61 Å². The van der Waals surface area contributed by atoms with Crippen LogP contribution in [0.3, 0.4) is 0 Å². The molecule has 90 valence electrons. The highest BCUT2D eigenvalue weighted by Crippen LogP contribution is 2.06. The Morgan fingerprint density at radius 2 is 2.12 bits per heavy atom. The van der Waals surface area contributed by atoms with Crippen molar-refractivity contribution in [1.82, 2.24) is 4.98 Å². The van der Waals surface area contributed by atoms with E-state index in [1.54, 1.807) is 6.20 Å². The van der Waals surface area contributed by atoms with Crippen LogP contribution in [0, 0.1) is 5.92 Å². The molecule has 0 saturated heterocycles. The lowest BCUT2D eigenvalue weighted by Gasteiger charge is -2.08. The lowest BCUT2D eigenvalue weighted by Crippen LogP contribution is -2.10. The second-order valence-electron chi connectivity index (χ2n) is 4.03. The van der Waals surface area contributed by atoms with Gasteiger partial charge in [0.05, 0.1) is 6.61 Å². The highest BCUT2D eigenvalue weighted by Gasteiger charge is 1.97. The van der Waals surface area contributed by atoms with Crippen molar-refractivity contribution in [3.8, 4) is 5.88 Å². The molecule has 0 aromatic carbocycles. The summed E-state index contributed by atoms with van der Waals surface area (Å²) in [6, 6.07) is 3.74. The van der Waals surface area contributed by atoms with E-state index in [0.717, 1.165) is 12.2 Å². The van der Waals surface area contributed by atoms with Crippen LogP contribution in [0.1, 0.15) is 19.4 Å². The predicted molar refractivity (Wildman–Crippen MR) is 63.3 cm³/mol. The molecule has 0 amide bonds. The number of rotatable bonds is 7. The second-order valence-corrected chi connectivity index (χ2v) is 4.03. The van der Waals surface area contributed by atoms with E-state index in [1.165, 1.54) is 0 Å². The fourth-order valence-corrected chi connectivity index (χ4v) is 1.14. The number of ether oxygens (including phenoxy) is 2. The molecule has 0 aliphatic rings. The number of pyridine rings is 1. The zero-order valence-corrected chi connectivity index (χ0v) is 9.98. The standard InChI is InChI=1S/C12H20N2O2/c1-10(2)9-15-5-6-16-12-4-3-11(7-13)8-14-12/h3-4,8,10H,5-7,9,13H2,1-2H3. The average molecular weight is 224 g/mol. The smallest absolute Gasteiger partial charge is 0.213 e. The zero-order chi connectivity index (χ0) is 11.8. The van der Waals surface area contributed by atoms with Gasteiger partial charge in [-0.3, -0.25) is 0 Å². The molecule has 4 heteroatoms. The molecule has 0 atom stereocenters. The van der Waals surface area contributed by atoms with Crippen molar-refractivity contribution in [3.05, 3.63) is 23.9 Å². The molecule has 1 heterocycles. The minimum absolute atomic E-state index is 0.505. The van der Waals surface area contributed by atoms with Gasteiger partial charge in [0.15, 0.2) is 0 Å². The summed E-state index contributed by atoms with van der Waals surface area (Å²) in [6.45, 7) is 6.63. The highest BCUT2D eigenvalue weighted by molar-refractivity contribution is 5.17. The number of nitrogens with zero attached hydrogens (tertiary/aromatic N) is 1. The molecule has 0 aliphatic heterocycles. The molecule has 0 fully saturated rings. The van der Waals surface area contributed by atoms with Crippen LogP contribution < -0.4 is 10.5 Å². The van der Waals surface area contributed by atoms with Crippen LogP contribution >= 0.6 is 0 Å². The van der Waals surface area contributed by atoms with Crippen molar-refractivity contribution in [3.63, 3.8) is 0 Å². The number of nitrogens with two attached hydrogens (primary N) is 1. The van der Waals surface area contributed by atoms with E-state index in [1.807, 2.05) is 12.1 Å². The molecule has 0 saturated carbocycles. The maximum absolute atomic E-state index is 5.47. The van der Waals surface area contributed by atoms with Gasteiger partial charge < -0.3 is 15.2 Å². The Morgan fingerprint density at radius 1 is 1.31 bits per heavy atom. The van der Waals surface area contributed by atoms with Crippen molar-refractivity contribution in [2.45, 2.75) is 20.4 Å². The second kappa shape index (κ2) is 7.19. The van der Waals surface area contributed by atoms with E-state index in [2.05, 4.69) is 18.8 Å². The van der Waals surface area contributed by atoms with E-state index < -0.39 is 0 Å². The largest absolute Gasteiger partial charge is 0.475 e. The molecule has 4 nitrogen and oxygen atoms in total. The highest BCUT2D eigenvalue weighted by atomic mass is 16.5. The SMILES string of the molecule is CC(C)COCCOc1ccc(CN)cn1. The Labute approximate surface area is 96.8 Å². The van der Waals surface area contributed by atoms with E-state index in [0.29, 0.717) is 31.6 Å². The monoisotopic (exact) mass is 224 g/mol. The minimum Gasteiger partial charge on any atom is -0.475 e. The fourth-order valence-electron chi connectivity index (χ4n) is 1.14. The Kier molecular flexibility index (Phi) is 5.82. The molecule has 0 spiro atoms. The third-order valence-electron chi connectivity index (χ3n) is 1.96. The van der Waals surface area contributed by atoms with Gasteiger partial charge in [-0.2, -0.15) is 0 Å². The van der Waals surface area contributed by atoms with Crippen molar-refractivity contribution >= 4 is 0 Å². The molecule has 0 aliphatic carbocycles. The van der Waals surface area contributed by atoms with E-state index >= 15 is 0 Å². The summed E-state index contributed by atoms with van der Waals surface area (Å²) in [5.41, 5.74) is 6.47. The average Bonchev–Trinajstić information content (AvgIpc) is 2.29. The normalized spacial score (nSPS) is 10.8. The molecule has 2 N–H and O–H groups in total. The van der Waals surface area contributed by atoms with Crippen LogP contribution in [0.5, 0.6) is 5.88 Å². The Bertz CT molecular complexity index is 286. The number of hydrogen-bond acceptors (Lipinski definition) is 4. The summed E-state index contributed by atoms with van der Waals surface area (Å²) in [4.78, 5) is 4.12. The van der Waals surface area contributed by atoms with Crippen LogP contribution in [-0.4, -0.2) is 24.8 Å². The van der Waals surface area contributed by atoms with Gasteiger partial charge in [-0.05, 0) is 11.5 Å². The van der Waals surface area contributed by atoms with Crippen molar-refractivity contribution in [2.75, 3.05) is 19.8 Å². The van der Waals surface area contributed by atoms with E-state index in [4.69, 9.17) is 15.2 Å². The van der Waals surface area contributed by atoms with Crippen LogP contribution in [-0.2, 0) is 11.3 Å². The Hall–Kier alpha value is -1.13. The number of hydrogen-bond donors (Lipinski definition) is 1. The molecule has 16 heavy (non-hydrogen) atoms. The first-order valence-electron chi connectivity index (χ1n) is 5.58. The molecule has 0 bridgehead atoms. The van der Waals surface area contributed by atoms with Crippen molar-refractivity contribution < 1.29 is 9.47 Å². The van der Waals surface area contributed by atoms with Crippen molar-refractivity contribution in [1.29, 1.82) is 0 Å². The van der Waals surface area contributed by atoms with Gasteiger partial charge in [-0.15, -0.1) is 0 Å². The van der Waals surface area contributed by atoms with E-state index in [-0.39, 0.29) is 0 Å². The summed E-state index contributed by atoms with van der Waals surface area (Å²) < 4.78 is 10.8. The maximum Gasteiger partial charge on any atom is 0.213 e. The van der Waals surface area contributed by atoms with Gasteiger partial charge in [-0.1, -0.05) is 19.9 Å². The first kappa shape index (κ1) is 12.9.